The molecule has 0 bridgehead atoms. The molecule has 3 heteroatoms. The van der Waals surface area contributed by atoms with Crippen LogP contribution in [0.15, 0.2) is 12.3 Å². The molecule has 0 heterocycles. The summed E-state index contributed by atoms with van der Waals surface area (Å²) in [5.41, 5.74) is 0. The van der Waals surface area contributed by atoms with E-state index >= 15 is 0 Å². The lowest BCUT2D eigenvalue weighted by Crippen LogP contribution is -2.34. The van der Waals surface area contributed by atoms with Crippen LogP contribution >= 0.6 is 0 Å². The molecule has 0 aliphatic carbocycles. The van der Waals surface area contributed by atoms with Crippen LogP contribution in [0.1, 0.15) is 26.2 Å². The van der Waals surface area contributed by atoms with Crippen molar-refractivity contribution < 1.29 is 9.16 Å². The average Bonchev–Trinajstić information content (AvgIpc) is 2.11. The van der Waals surface area contributed by atoms with E-state index in [4.69, 9.17) is 9.16 Å². The van der Waals surface area contributed by atoms with E-state index in [2.05, 4.69) is 26.1 Å². The summed E-state index contributed by atoms with van der Waals surface area (Å²) < 4.78 is 10.7. The van der Waals surface area contributed by atoms with Gasteiger partial charge in [0.2, 0.25) is 8.32 Å². The first-order valence-electron chi connectivity index (χ1n) is 4.94. The van der Waals surface area contributed by atoms with Gasteiger partial charge in [-0.15, -0.1) is 0 Å². The van der Waals surface area contributed by atoms with Crippen molar-refractivity contribution in [2.75, 3.05) is 13.3 Å². The summed E-state index contributed by atoms with van der Waals surface area (Å²) in [4.78, 5) is 0. The summed E-state index contributed by atoms with van der Waals surface area (Å²) in [6, 6.07) is 0. The first kappa shape index (κ1) is 12.7. The topological polar surface area (TPSA) is 18.5 Å². The van der Waals surface area contributed by atoms with E-state index < -0.39 is 8.32 Å². The van der Waals surface area contributed by atoms with E-state index in [9.17, 15) is 0 Å². The van der Waals surface area contributed by atoms with Gasteiger partial charge in [-0.1, -0.05) is 13.3 Å². The lowest BCUT2D eigenvalue weighted by Gasteiger charge is -2.18. The molecular weight excluding hydrogens is 180 g/mol. The van der Waals surface area contributed by atoms with Gasteiger partial charge in [-0.05, 0) is 32.0 Å². The van der Waals surface area contributed by atoms with Crippen molar-refractivity contribution >= 4 is 8.32 Å². The second-order valence-corrected chi connectivity index (χ2v) is 8.01. The Kier molecular flexibility index (Phi) is 7.00. The Labute approximate surface area is 83.1 Å². The Morgan fingerprint density at radius 1 is 1.31 bits per heavy atom. The zero-order valence-electron chi connectivity index (χ0n) is 9.30. The molecule has 0 amide bonds. The van der Waals surface area contributed by atoms with E-state index in [1.165, 1.54) is 12.8 Å². The average molecular weight is 202 g/mol. The maximum Gasteiger partial charge on any atom is 0.224 e. The van der Waals surface area contributed by atoms with Crippen LogP contribution < -0.4 is 0 Å². The second-order valence-electron chi connectivity index (χ2n) is 3.79. The molecule has 0 saturated heterocycles. The van der Waals surface area contributed by atoms with E-state index in [0.717, 1.165) is 12.7 Å². The van der Waals surface area contributed by atoms with E-state index in [1.807, 2.05) is 6.26 Å². The van der Waals surface area contributed by atoms with Gasteiger partial charge in [0.15, 0.2) is 0 Å². The Bertz CT molecular complexity index is 144. The summed E-state index contributed by atoms with van der Waals surface area (Å²) in [7, 11) is 0.241. The van der Waals surface area contributed by atoms with Crippen LogP contribution in [0.3, 0.4) is 0 Å². The Morgan fingerprint density at radius 2 is 2.00 bits per heavy atom. The van der Waals surface area contributed by atoms with Crippen molar-refractivity contribution in [3.63, 3.8) is 0 Å². The van der Waals surface area contributed by atoms with Gasteiger partial charge in [-0.25, -0.2) is 0 Å². The largest absolute Gasteiger partial charge is 0.502 e. The molecule has 2 nitrogen and oxygen atoms in total. The van der Waals surface area contributed by atoms with Crippen molar-refractivity contribution in [2.24, 2.45) is 0 Å². The van der Waals surface area contributed by atoms with Gasteiger partial charge in [0.05, 0.1) is 6.26 Å². The molecule has 0 spiro atoms. The number of unbranched alkanes of at least 4 members (excludes halogenated alkanes) is 2. The highest BCUT2D eigenvalue weighted by Crippen LogP contribution is 2.03. The first-order chi connectivity index (χ1) is 6.12. The van der Waals surface area contributed by atoms with Crippen molar-refractivity contribution in [1.29, 1.82) is 0 Å². The van der Waals surface area contributed by atoms with Gasteiger partial charge in [0, 0.05) is 7.11 Å². The number of hydrogen-bond donors (Lipinski definition) is 0. The molecule has 0 fully saturated rings. The minimum absolute atomic E-state index is 0.742. The molecule has 0 aliphatic rings. The molecular formula is C10H22O2Si. The fourth-order valence-corrected chi connectivity index (χ4v) is 1.38. The van der Waals surface area contributed by atoms with Crippen LogP contribution in [0.4, 0.5) is 0 Å². The van der Waals surface area contributed by atoms with Crippen molar-refractivity contribution in [1.82, 2.24) is 0 Å². The van der Waals surface area contributed by atoms with Crippen LogP contribution in [0.25, 0.3) is 0 Å². The monoisotopic (exact) mass is 202 g/mol. The molecule has 0 atom stereocenters. The van der Waals surface area contributed by atoms with Crippen LogP contribution in [-0.4, -0.2) is 21.7 Å². The van der Waals surface area contributed by atoms with Crippen LogP contribution in [0.2, 0.25) is 13.1 Å². The number of ether oxygens (including phenoxy) is 1. The highest BCUT2D eigenvalue weighted by atomic mass is 28.4. The first-order valence-corrected chi connectivity index (χ1v) is 8.05. The maximum absolute atomic E-state index is 5.39. The Balaban J connectivity index is 3.38. The molecule has 0 aromatic heterocycles. The van der Waals surface area contributed by atoms with Crippen molar-refractivity contribution in [2.45, 2.75) is 39.3 Å². The summed E-state index contributed by atoms with van der Waals surface area (Å²) in [5.74, 6) is 0. The number of allylic oxidation sites excluding steroid dienone is 1. The van der Waals surface area contributed by atoms with Crippen LogP contribution in [0.5, 0.6) is 0 Å². The lowest BCUT2D eigenvalue weighted by atomic mass is 10.2. The maximum atomic E-state index is 5.39. The molecule has 78 valence electrons. The van der Waals surface area contributed by atoms with Crippen molar-refractivity contribution in [3.05, 3.63) is 12.3 Å². The quantitative estimate of drug-likeness (QED) is 0.359. The SMILES string of the molecule is CCCCC=COC[Si](C)(C)OC. The fraction of sp³-hybridized carbons (Fsp3) is 0.800. The van der Waals surface area contributed by atoms with Gasteiger partial charge in [-0.3, -0.25) is 0 Å². The summed E-state index contributed by atoms with van der Waals surface area (Å²) in [6.07, 6.45) is 8.23. The van der Waals surface area contributed by atoms with E-state index in [0.29, 0.717) is 0 Å². The standard InChI is InChI=1S/C10H22O2Si/c1-5-6-7-8-9-12-10-13(3,4)11-2/h8-9H,5-7,10H2,1-4H3. The Morgan fingerprint density at radius 3 is 2.54 bits per heavy atom. The number of hydrogen-bond acceptors (Lipinski definition) is 2. The summed E-state index contributed by atoms with van der Waals surface area (Å²) >= 11 is 0. The van der Waals surface area contributed by atoms with Gasteiger partial charge < -0.3 is 9.16 Å². The molecule has 0 unspecified atom stereocenters. The molecule has 0 aromatic rings. The molecule has 0 radical (unpaired) electrons. The zero-order chi connectivity index (χ0) is 10.2. The van der Waals surface area contributed by atoms with Crippen LogP contribution in [0, 0.1) is 0 Å². The van der Waals surface area contributed by atoms with Crippen LogP contribution in [-0.2, 0) is 9.16 Å². The minimum Gasteiger partial charge on any atom is -0.502 e. The number of rotatable bonds is 7. The van der Waals surface area contributed by atoms with E-state index in [1.54, 1.807) is 7.11 Å². The summed E-state index contributed by atoms with van der Waals surface area (Å²) in [5, 5.41) is 0. The fourth-order valence-electron chi connectivity index (χ4n) is 0.766. The normalized spacial score (nSPS) is 12.3. The molecule has 0 rings (SSSR count). The van der Waals surface area contributed by atoms with Gasteiger partial charge in [-0.2, -0.15) is 0 Å². The molecule has 0 aliphatic heterocycles. The smallest absolute Gasteiger partial charge is 0.224 e. The van der Waals surface area contributed by atoms with Gasteiger partial charge in [0.1, 0.15) is 6.23 Å². The molecule has 0 N–H and O–H groups in total. The predicted molar refractivity (Wildman–Crippen MR) is 59.1 cm³/mol. The predicted octanol–water partition coefficient (Wildman–Crippen LogP) is 3.10. The Hall–Kier alpha value is -0.283. The molecule has 13 heavy (non-hydrogen) atoms. The van der Waals surface area contributed by atoms with E-state index in [-0.39, 0.29) is 0 Å². The second kappa shape index (κ2) is 7.15. The van der Waals surface area contributed by atoms with Crippen molar-refractivity contribution in [3.8, 4) is 0 Å². The third kappa shape index (κ3) is 8.06. The minimum atomic E-state index is -1.52. The highest BCUT2D eigenvalue weighted by Gasteiger charge is 2.20. The summed E-state index contributed by atoms with van der Waals surface area (Å²) in [6.45, 7) is 6.48. The third-order valence-electron chi connectivity index (χ3n) is 1.90. The van der Waals surface area contributed by atoms with Gasteiger partial charge in [0.25, 0.3) is 0 Å². The third-order valence-corrected chi connectivity index (χ3v) is 3.87. The van der Waals surface area contributed by atoms with Gasteiger partial charge >= 0.3 is 0 Å². The molecule has 0 saturated carbocycles. The highest BCUT2D eigenvalue weighted by molar-refractivity contribution is 6.71. The molecule has 0 aromatic carbocycles. The lowest BCUT2D eigenvalue weighted by molar-refractivity contribution is 0.268. The zero-order valence-corrected chi connectivity index (χ0v) is 10.3.